The van der Waals surface area contributed by atoms with Gasteiger partial charge in [0.25, 0.3) is 0 Å². The predicted octanol–water partition coefficient (Wildman–Crippen LogP) is 2.28. The van der Waals surface area contributed by atoms with Crippen LogP contribution < -0.4 is 17.1 Å². The smallest absolute Gasteiger partial charge is 0.146 e. The van der Waals surface area contributed by atoms with Crippen LogP contribution >= 0.6 is 0 Å². The maximum Gasteiger partial charge on any atom is 0.146 e. The van der Waals surface area contributed by atoms with Gasteiger partial charge in [-0.05, 0) is 36.8 Å². The number of rotatable bonds is 11. The average molecular weight is 438 g/mol. The van der Waals surface area contributed by atoms with Crippen LogP contribution in [0.3, 0.4) is 0 Å². The first-order valence-electron chi connectivity index (χ1n) is 10.5. The van der Waals surface area contributed by atoms with E-state index in [1.54, 1.807) is 0 Å². The van der Waals surface area contributed by atoms with Crippen molar-refractivity contribution in [3.05, 3.63) is 66.2 Å². The van der Waals surface area contributed by atoms with E-state index in [0.717, 1.165) is 25.1 Å². The first-order valence-corrected chi connectivity index (χ1v) is 10.5. The van der Waals surface area contributed by atoms with Crippen molar-refractivity contribution in [1.82, 2.24) is 0 Å². The van der Waals surface area contributed by atoms with Crippen LogP contribution in [0.4, 0.5) is 0 Å². The van der Waals surface area contributed by atoms with Crippen LogP contribution in [0.25, 0.3) is 0 Å². The van der Waals surface area contributed by atoms with Crippen LogP contribution in [-0.2, 0) is 11.4 Å². The Hall–Kier alpha value is -1.59. The van der Waals surface area contributed by atoms with Crippen molar-refractivity contribution >= 4 is 0 Å². The van der Waals surface area contributed by atoms with Gasteiger partial charge in [-0.15, -0.1) is 0 Å². The lowest BCUT2D eigenvalue weighted by Gasteiger charge is -2.39. The maximum atomic E-state index is 6.63. The Morgan fingerprint density at radius 2 is 1.27 bits per heavy atom. The van der Waals surface area contributed by atoms with Gasteiger partial charge in [-0.2, -0.15) is 9.48 Å². The molecule has 0 radical (unpaired) electrons. The summed E-state index contributed by atoms with van der Waals surface area (Å²) in [6.45, 7) is 10.4. The fourth-order valence-electron chi connectivity index (χ4n) is 3.90. The van der Waals surface area contributed by atoms with Gasteiger partial charge >= 0.3 is 0 Å². The highest BCUT2D eigenvalue weighted by atomic mass is 35.5. The number of nitrogens with zero attached hydrogens (tertiary/aromatic N) is 1. The second kappa shape index (κ2) is 13.0. The molecule has 170 valence electrons. The van der Waals surface area contributed by atoms with Crippen LogP contribution in [0.15, 0.2) is 60.7 Å². The van der Waals surface area contributed by atoms with Crippen molar-refractivity contribution in [2.75, 3.05) is 20.7 Å². The highest BCUT2D eigenvalue weighted by Crippen LogP contribution is 2.32. The van der Waals surface area contributed by atoms with E-state index in [4.69, 9.17) is 9.57 Å². The topological polar surface area (TPSA) is 50.0 Å². The summed E-state index contributed by atoms with van der Waals surface area (Å²) in [5.74, 6) is 1.97. The number of ether oxygens (including phenoxy) is 1. The Balaban J connectivity index is 0.00000420. The second-order valence-corrected chi connectivity index (χ2v) is 9.29. The van der Waals surface area contributed by atoms with Gasteiger partial charge < -0.3 is 22.6 Å². The summed E-state index contributed by atoms with van der Waals surface area (Å²) >= 11 is 0. The number of halogens is 1. The van der Waals surface area contributed by atoms with Crippen molar-refractivity contribution in [3.8, 4) is 5.75 Å². The van der Waals surface area contributed by atoms with Gasteiger partial charge in [-0.1, -0.05) is 76.2 Å². The molecule has 0 heterocycles. The number of benzene rings is 2. The van der Waals surface area contributed by atoms with E-state index in [2.05, 4.69) is 66.1 Å². The summed E-state index contributed by atoms with van der Waals surface area (Å²) in [6.07, 6.45) is 1.93. The lowest BCUT2D eigenvalue weighted by molar-refractivity contribution is -1.09. The maximum absolute atomic E-state index is 6.63. The molecular formula is C25H40ClNO3. The fraction of sp³-hybridized carbons (Fsp3) is 0.520. The third-order valence-corrected chi connectivity index (χ3v) is 4.72. The van der Waals surface area contributed by atoms with Gasteiger partial charge in [-0.25, -0.2) is 0 Å². The molecule has 0 aromatic heterocycles. The van der Waals surface area contributed by atoms with Crippen molar-refractivity contribution in [2.45, 2.75) is 52.7 Å². The highest BCUT2D eigenvalue weighted by Gasteiger charge is 2.38. The number of hydroxylamine groups is 3. The first kappa shape index (κ1) is 28.4. The zero-order valence-corrected chi connectivity index (χ0v) is 20.2. The summed E-state index contributed by atoms with van der Waals surface area (Å²) in [4.78, 5) is 6.49. The number of para-hydroxylation sites is 1. The highest BCUT2D eigenvalue weighted by molar-refractivity contribution is 5.22. The molecule has 0 atom stereocenters. The molecule has 0 aliphatic rings. The molecule has 0 aliphatic heterocycles. The van der Waals surface area contributed by atoms with E-state index in [1.807, 2.05) is 36.4 Å². The second-order valence-electron chi connectivity index (χ2n) is 9.29. The van der Waals surface area contributed by atoms with Crippen molar-refractivity contribution in [2.24, 2.45) is 11.8 Å². The zero-order valence-electron chi connectivity index (χ0n) is 19.4. The van der Waals surface area contributed by atoms with Crippen molar-refractivity contribution < 1.29 is 32.1 Å². The van der Waals surface area contributed by atoms with E-state index in [-0.39, 0.29) is 23.5 Å². The van der Waals surface area contributed by atoms with E-state index in [0.29, 0.717) is 23.1 Å². The summed E-state index contributed by atoms with van der Waals surface area (Å²) in [5, 5.41) is 0. The number of hydrogen-bond acceptors (Lipinski definition) is 2. The van der Waals surface area contributed by atoms with Gasteiger partial charge in [-0.3, -0.25) is 0 Å². The molecule has 4 nitrogen and oxygen atoms in total. The molecule has 2 aromatic rings. The molecule has 0 saturated heterocycles. The minimum atomic E-state index is -0.337. The molecule has 5 heteroatoms. The molecule has 0 aliphatic carbocycles. The minimum Gasteiger partial charge on any atom is -1.00 e. The third-order valence-electron chi connectivity index (χ3n) is 4.72. The van der Waals surface area contributed by atoms with Gasteiger partial charge in [0.15, 0.2) is 0 Å². The van der Waals surface area contributed by atoms with Gasteiger partial charge in [0.1, 0.15) is 24.5 Å². The minimum absolute atomic E-state index is 0. The summed E-state index contributed by atoms with van der Waals surface area (Å²) in [5.41, 5.74) is 0.936. The molecule has 2 N–H and O–H groups in total. The summed E-state index contributed by atoms with van der Waals surface area (Å²) < 4.78 is 7.11. The standard InChI is InChI=1S/C25H38NO2.ClH.H2O/c1-21(2)17-25(18-22(3)4,28-24-15-11-8-12-16-24)20-27-26(5,6)19-23-13-9-7-10-14-23;;/h7-16,21-22H,17-20H2,1-6H3;1H;1H2/q+1;;/p-1. The molecule has 0 fully saturated rings. The van der Waals surface area contributed by atoms with Crippen molar-refractivity contribution in [3.63, 3.8) is 0 Å². The summed E-state index contributed by atoms with van der Waals surface area (Å²) in [7, 11) is 4.23. The molecular weight excluding hydrogens is 398 g/mol. The quantitative estimate of drug-likeness (QED) is 0.400. The Kier molecular flexibility index (Phi) is 12.3. The van der Waals surface area contributed by atoms with Gasteiger partial charge in [0.2, 0.25) is 0 Å². The molecule has 0 unspecified atom stereocenters. The lowest BCUT2D eigenvalue weighted by Crippen LogP contribution is -3.00. The van der Waals surface area contributed by atoms with Gasteiger partial charge in [0, 0.05) is 5.56 Å². The van der Waals surface area contributed by atoms with Gasteiger partial charge in [0.05, 0.1) is 14.1 Å². The van der Waals surface area contributed by atoms with Crippen LogP contribution in [-0.4, -0.2) is 36.4 Å². The molecule has 30 heavy (non-hydrogen) atoms. The molecule has 2 rings (SSSR count). The molecule has 0 saturated carbocycles. The Morgan fingerprint density at radius 1 is 0.800 bits per heavy atom. The molecule has 0 amide bonds. The Labute approximate surface area is 189 Å². The monoisotopic (exact) mass is 437 g/mol. The first-order chi connectivity index (χ1) is 13.2. The number of hydrogen-bond donors (Lipinski definition) is 0. The lowest BCUT2D eigenvalue weighted by atomic mass is 9.85. The summed E-state index contributed by atoms with van der Waals surface area (Å²) in [6, 6.07) is 20.7. The van der Waals surface area contributed by atoms with Crippen LogP contribution in [0.2, 0.25) is 0 Å². The Morgan fingerprint density at radius 3 is 1.73 bits per heavy atom. The Bertz CT molecular complexity index is 680. The molecule has 0 spiro atoms. The van der Waals surface area contributed by atoms with E-state index >= 15 is 0 Å². The molecule has 2 aromatic carbocycles. The SMILES string of the molecule is CC(C)CC(CO[N+](C)(C)Cc1ccccc1)(CC(C)C)Oc1ccccc1.O.[Cl-]. The normalized spacial score (nSPS) is 11.7. The third kappa shape index (κ3) is 9.94. The van der Waals surface area contributed by atoms with Crippen LogP contribution in [0, 0.1) is 11.8 Å². The number of quaternary nitrogens is 1. The van der Waals surface area contributed by atoms with Crippen LogP contribution in [0.5, 0.6) is 5.75 Å². The fourth-order valence-corrected chi connectivity index (χ4v) is 3.90. The average Bonchev–Trinajstić information content (AvgIpc) is 2.60. The molecule has 0 bridgehead atoms. The van der Waals surface area contributed by atoms with E-state index in [9.17, 15) is 0 Å². The van der Waals surface area contributed by atoms with E-state index in [1.165, 1.54) is 5.56 Å². The van der Waals surface area contributed by atoms with Crippen LogP contribution in [0.1, 0.15) is 46.1 Å². The van der Waals surface area contributed by atoms with E-state index < -0.39 is 0 Å². The largest absolute Gasteiger partial charge is 1.00 e. The zero-order chi connectivity index (χ0) is 20.6. The van der Waals surface area contributed by atoms with Crippen molar-refractivity contribution in [1.29, 1.82) is 0 Å². The predicted molar refractivity (Wildman–Crippen MR) is 121 cm³/mol.